The predicted octanol–water partition coefficient (Wildman–Crippen LogP) is 2.43. The summed E-state index contributed by atoms with van der Waals surface area (Å²) in [7, 11) is 2.13. The monoisotopic (exact) mass is 306 g/mol. The standard InChI is InChI=1S/C17H18N6/c1-23-8-6-16(7-9-23)21-14-2-4-15(5-3-14)22-17(12-20)13(10-18)11-19/h2-5,16,21-22H,6-9H2,1H3. The van der Waals surface area contributed by atoms with Gasteiger partial charge in [-0.05, 0) is 57.2 Å². The molecule has 6 heteroatoms. The van der Waals surface area contributed by atoms with E-state index < -0.39 is 0 Å². The van der Waals surface area contributed by atoms with E-state index in [0.29, 0.717) is 11.7 Å². The van der Waals surface area contributed by atoms with E-state index in [1.165, 1.54) is 0 Å². The molecule has 23 heavy (non-hydrogen) atoms. The summed E-state index contributed by atoms with van der Waals surface area (Å²) in [5.41, 5.74) is 1.43. The van der Waals surface area contributed by atoms with Gasteiger partial charge in [-0.1, -0.05) is 0 Å². The molecule has 1 heterocycles. The molecular formula is C17H18N6. The molecule has 1 aliphatic rings. The van der Waals surface area contributed by atoms with Crippen molar-refractivity contribution in [3.63, 3.8) is 0 Å². The minimum atomic E-state index is -0.221. The van der Waals surface area contributed by atoms with Crippen LogP contribution in [-0.2, 0) is 0 Å². The van der Waals surface area contributed by atoms with Crippen LogP contribution in [0.1, 0.15) is 12.8 Å². The van der Waals surface area contributed by atoms with Crippen LogP contribution >= 0.6 is 0 Å². The van der Waals surface area contributed by atoms with E-state index in [9.17, 15) is 0 Å². The molecule has 0 saturated carbocycles. The zero-order valence-corrected chi connectivity index (χ0v) is 13.0. The van der Waals surface area contributed by atoms with E-state index >= 15 is 0 Å². The van der Waals surface area contributed by atoms with Crippen molar-refractivity contribution in [1.82, 2.24) is 4.90 Å². The van der Waals surface area contributed by atoms with E-state index in [2.05, 4.69) is 22.6 Å². The van der Waals surface area contributed by atoms with Crippen LogP contribution in [0.4, 0.5) is 11.4 Å². The van der Waals surface area contributed by atoms with E-state index in [1.54, 1.807) is 12.1 Å². The maximum absolute atomic E-state index is 9.02. The Bertz CT molecular complexity index is 675. The normalized spacial score (nSPS) is 14.9. The zero-order valence-electron chi connectivity index (χ0n) is 13.0. The lowest BCUT2D eigenvalue weighted by Gasteiger charge is -2.30. The van der Waals surface area contributed by atoms with Gasteiger partial charge in [-0.3, -0.25) is 0 Å². The largest absolute Gasteiger partial charge is 0.382 e. The molecule has 6 nitrogen and oxygen atoms in total. The van der Waals surface area contributed by atoms with E-state index in [4.69, 9.17) is 15.8 Å². The van der Waals surface area contributed by atoms with Gasteiger partial charge in [-0.2, -0.15) is 15.8 Å². The molecular weight excluding hydrogens is 288 g/mol. The fraction of sp³-hybridized carbons (Fsp3) is 0.353. The highest BCUT2D eigenvalue weighted by molar-refractivity contribution is 5.61. The maximum Gasteiger partial charge on any atom is 0.163 e. The molecule has 0 atom stereocenters. The molecule has 0 aliphatic carbocycles. The van der Waals surface area contributed by atoms with Gasteiger partial charge in [0, 0.05) is 17.4 Å². The highest BCUT2D eigenvalue weighted by Crippen LogP contribution is 2.19. The van der Waals surface area contributed by atoms with Crippen molar-refractivity contribution in [3.8, 4) is 18.2 Å². The highest BCUT2D eigenvalue weighted by Gasteiger charge is 2.16. The average molecular weight is 306 g/mol. The fourth-order valence-corrected chi connectivity index (χ4v) is 2.47. The Morgan fingerprint density at radius 3 is 2.09 bits per heavy atom. The Morgan fingerprint density at radius 2 is 1.57 bits per heavy atom. The molecule has 1 fully saturated rings. The van der Waals surface area contributed by atoms with Crippen molar-refractivity contribution in [2.45, 2.75) is 18.9 Å². The molecule has 2 N–H and O–H groups in total. The van der Waals surface area contributed by atoms with Crippen molar-refractivity contribution in [3.05, 3.63) is 35.5 Å². The lowest BCUT2D eigenvalue weighted by molar-refractivity contribution is 0.264. The third-order valence-electron chi connectivity index (χ3n) is 3.83. The summed E-state index contributed by atoms with van der Waals surface area (Å²) in [6.45, 7) is 2.19. The van der Waals surface area contributed by atoms with Crippen LogP contribution in [0, 0.1) is 34.0 Å². The molecule has 0 bridgehead atoms. The molecule has 1 aliphatic heterocycles. The van der Waals surface area contributed by atoms with Gasteiger partial charge in [0.15, 0.2) is 5.57 Å². The summed E-state index contributed by atoms with van der Waals surface area (Å²) in [6.07, 6.45) is 2.23. The molecule has 0 radical (unpaired) electrons. The summed E-state index contributed by atoms with van der Waals surface area (Å²) in [4.78, 5) is 2.32. The van der Waals surface area contributed by atoms with E-state index in [-0.39, 0.29) is 11.3 Å². The molecule has 1 saturated heterocycles. The number of benzene rings is 1. The minimum absolute atomic E-state index is 0.0361. The van der Waals surface area contributed by atoms with Gasteiger partial charge in [-0.15, -0.1) is 0 Å². The van der Waals surface area contributed by atoms with Gasteiger partial charge in [0.25, 0.3) is 0 Å². The minimum Gasteiger partial charge on any atom is -0.382 e. The first-order valence-electron chi connectivity index (χ1n) is 7.43. The number of nitrogens with zero attached hydrogens (tertiary/aromatic N) is 4. The third-order valence-corrected chi connectivity index (χ3v) is 3.83. The average Bonchev–Trinajstić information content (AvgIpc) is 2.58. The quantitative estimate of drug-likeness (QED) is 0.829. The van der Waals surface area contributed by atoms with Crippen LogP contribution in [0.2, 0.25) is 0 Å². The number of nitriles is 3. The first kappa shape index (κ1) is 16.4. The molecule has 0 aromatic heterocycles. The Labute approximate surface area is 136 Å². The number of piperidine rings is 1. The lowest BCUT2D eigenvalue weighted by atomic mass is 10.1. The number of allylic oxidation sites excluding steroid dienone is 2. The summed E-state index contributed by atoms with van der Waals surface area (Å²) in [6, 6.07) is 13.2. The Kier molecular flexibility index (Phi) is 5.58. The number of hydrogen-bond acceptors (Lipinski definition) is 6. The second-order valence-electron chi connectivity index (χ2n) is 5.51. The Morgan fingerprint density at radius 1 is 1.00 bits per heavy atom. The molecule has 2 rings (SSSR count). The first-order chi connectivity index (χ1) is 11.2. The van der Waals surface area contributed by atoms with Crippen molar-refractivity contribution in [1.29, 1.82) is 15.8 Å². The lowest BCUT2D eigenvalue weighted by Crippen LogP contribution is -2.36. The van der Waals surface area contributed by atoms with Crippen molar-refractivity contribution < 1.29 is 0 Å². The van der Waals surface area contributed by atoms with Gasteiger partial charge in [0.05, 0.1) is 0 Å². The van der Waals surface area contributed by atoms with E-state index in [1.807, 2.05) is 30.3 Å². The summed E-state index contributed by atoms with van der Waals surface area (Å²) in [5, 5.41) is 33.0. The second-order valence-corrected chi connectivity index (χ2v) is 5.51. The summed E-state index contributed by atoms with van der Waals surface area (Å²) < 4.78 is 0. The third kappa shape index (κ3) is 4.48. The molecule has 0 amide bonds. The predicted molar refractivity (Wildman–Crippen MR) is 88.1 cm³/mol. The fourth-order valence-electron chi connectivity index (χ4n) is 2.47. The van der Waals surface area contributed by atoms with Crippen LogP contribution < -0.4 is 10.6 Å². The summed E-state index contributed by atoms with van der Waals surface area (Å²) in [5.74, 6) is 0. The van der Waals surface area contributed by atoms with Crippen LogP contribution in [0.25, 0.3) is 0 Å². The van der Waals surface area contributed by atoms with E-state index in [0.717, 1.165) is 31.6 Å². The van der Waals surface area contributed by atoms with Crippen molar-refractivity contribution in [2.24, 2.45) is 0 Å². The van der Waals surface area contributed by atoms with Crippen LogP contribution in [-0.4, -0.2) is 31.1 Å². The Balaban J connectivity index is 2.00. The van der Waals surface area contributed by atoms with Gasteiger partial charge >= 0.3 is 0 Å². The molecule has 0 unspecified atom stereocenters. The number of likely N-dealkylation sites (tertiary alicyclic amines) is 1. The SMILES string of the molecule is CN1CCC(Nc2ccc(NC(C#N)=C(C#N)C#N)cc2)CC1. The number of anilines is 2. The van der Waals surface area contributed by atoms with Gasteiger partial charge in [-0.25, -0.2) is 0 Å². The van der Waals surface area contributed by atoms with Crippen LogP contribution in [0.15, 0.2) is 35.5 Å². The molecule has 1 aromatic rings. The van der Waals surface area contributed by atoms with Gasteiger partial charge in [0.2, 0.25) is 0 Å². The van der Waals surface area contributed by atoms with Crippen molar-refractivity contribution >= 4 is 11.4 Å². The number of rotatable bonds is 4. The molecule has 0 spiro atoms. The van der Waals surface area contributed by atoms with Crippen molar-refractivity contribution in [2.75, 3.05) is 30.8 Å². The maximum atomic E-state index is 9.02. The first-order valence-corrected chi connectivity index (χ1v) is 7.43. The topological polar surface area (TPSA) is 98.7 Å². The highest BCUT2D eigenvalue weighted by atomic mass is 15.1. The van der Waals surface area contributed by atoms with Crippen LogP contribution in [0.3, 0.4) is 0 Å². The molecule has 116 valence electrons. The number of hydrogen-bond donors (Lipinski definition) is 2. The number of nitrogens with one attached hydrogen (secondary N) is 2. The van der Waals surface area contributed by atoms with Gasteiger partial charge < -0.3 is 15.5 Å². The Hall–Kier alpha value is -3.01. The van der Waals surface area contributed by atoms with Gasteiger partial charge in [0.1, 0.15) is 23.9 Å². The zero-order chi connectivity index (χ0) is 16.7. The smallest absolute Gasteiger partial charge is 0.163 e. The second kappa shape index (κ2) is 7.84. The van der Waals surface area contributed by atoms with Crippen LogP contribution in [0.5, 0.6) is 0 Å². The molecule has 1 aromatic carbocycles. The summed E-state index contributed by atoms with van der Waals surface area (Å²) >= 11 is 0.